The number of carbonyl (C=O) groups is 1. The molecule has 1 atom stereocenters. The van der Waals surface area contributed by atoms with Crippen molar-refractivity contribution < 1.29 is 17.9 Å². The summed E-state index contributed by atoms with van der Waals surface area (Å²) < 4.78 is 32.7. The highest BCUT2D eigenvalue weighted by Gasteiger charge is 2.29. The van der Waals surface area contributed by atoms with Crippen LogP contribution >= 0.6 is 15.9 Å². The van der Waals surface area contributed by atoms with Gasteiger partial charge in [-0.1, -0.05) is 46.3 Å². The molecule has 1 N–H and O–H groups in total. The molecule has 0 fully saturated rings. The summed E-state index contributed by atoms with van der Waals surface area (Å²) in [7, 11) is -3.75. The standard InChI is InChI=1S/C24H24BrN3O4S/c1-17(19-8-7-9-20(25)16-19)26-27-24(29)18(2)28(33(3,30)31)21-12-14-23(15-13-21)32-22-10-5-4-6-11-22/h4-16,18H,1-3H3,(H,27,29)/b26-17-/t18-/m0/s1. The zero-order valence-corrected chi connectivity index (χ0v) is 20.8. The van der Waals surface area contributed by atoms with E-state index in [1.807, 2.05) is 54.6 Å². The smallest absolute Gasteiger partial charge is 0.263 e. The van der Waals surface area contributed by atoms with Crippen molar-refractivity contribution in [3.05, 3.63) is 88.9 Å². The molecule has 1 amide bonds. The zero-order valence-electron chi connectivity index (χ0n) is 18.4. The molecule has 0 bridgehead atoms. The van der Waals surface area contributed by atoms with Crippen molar-refractivity contribution in [2.45, 2.75) is 19.9 Å². The van der Waals surface area contributed by atoms with E-state index in [-0.39, 0.29) is 0 Å². The van der Waals surface area contributed by atoms with E-state index in [0.29, 0.717) is 22.9 Å². The Balaban J connectivity index is 1.76. The maximum absolute atomic E-state index is 12.8. The molecule has 0 aliphatic heterocycles. The van der Waals surface area contributed by atoms with Gasteiger partial charge in [0.25, 0.3) is 5.91 Å². The van der Waals surface area contributed by atoms with Crippen molar-refractivity contribution in [3.63, 3.8) is 0 Å². The number of amides is 1. The summed E-state index contributed by atoms with van der Waals surface area (Å²) in [6.45, 7) is 3.27. The number of hydrogen-bond donors (Lipinski definition) is 1. The van der Waals surface area contributed by atoms with Gasteiger partial charge >= 0.3 is 0 Å². The van der Waals surface area contributed by atoms with Gasteiger partial charge in [0.2, 0.25) is 10.0 Å². The third kappa shape index (κ3) is 6.66. The van der Waals surface area contributed by atoms with E-state index >= 15 is 0 Å². The summed E-state index contributed by atoms with van der Waals surface area (Å²) >= 11 is 3.40. The van der Waals surface area contributed by atoms with Gasteiger partial charge in [-0.05, 0) is 67.9 Å². The molecule has 0 aliphatic rings. The van der Waals surface area contributed by atoms with Gasteiger partial charge in [-0.25, -0.2) is 13.8 Å². The van der Waals surface area contributed by atoms with E-state index in [0.717, 1.165) is 20.6 Å². The summed E-state index contributed by atoms with van der Waals surface area (Å²) in [6.07, 6.45) is 1.06. The van der Waals surface area contributed by atoms with Crippen LogP contribution in [0.2, 0.25) is 0 Å². The lowest BCUT2D eigenvalue weighted by Gasteiger charge is -2.27. The molecule has 3 aromatic carbocycles. The number of carbonyl (C=O) groups excluding carboxylic acids is 1. The molecule has 33 heavy (non-hydrogen) atoms. The molecular weight excluding hydrogens is 506 g/mol. The average molecular weight is 530 g/mol. The van der Waals surface area contributed by atoms with Crippen molar-refractivity contribution in [3.8, 4) is 11.5 Å². The van der Waals surface area contributed by atoms with E-state index < -0.39 is 22.0 Å². The van der Waals surface area contributed by atoms with E-state index in [9.17, 15) is 13.2 Å². The third-order valence-electron chi connectivity index (χ3n) is 4.73. The molecule has 3 aromatic rings. The first-order valence-corrected chi connectivity index (χ1v) is 12.7. The van der Waals surface area contributed by atoms with Crippen LogP contribution in [0.25, 0.3) is 0 Å². The summed E-state index contributed by atoms with van der Waals surface area (Å²) in [6, 6.07) is 22.2. The lowest BCUT2D eigenvalue weighted by molar-refractivity contribution is -0.121. The van der Waals surface area contributed by atoms with Gasteiger partial charge in [0.05, 0.1) is 17.7 Å². The first-order valence-electron chi connectivity index (χ1n) is 10.1. The highest BCUT2D eigenvalue weighted by molar-refractivity contribution is 9.10. The molecule has 0 saturated heterocycles. The fourth-order valence-corrected chi connectivity index (χ4v) is 4.68. The highest BCUT2D eigenvalue weighted by atomic mass is 79.9. The van der Waals surface area contributed by atoms with Crippen LogP contribution in [0.4, 0.5) is 5.69 Å². The summed E-state index contributed by atoms with van der Waals surface area (Å²) in [5.74, 6) is 0.653. The first kappa shape index (κ1) is 24.5. The summed E-state index contributed by atoms with van der Waals surface area (Å²) in [5.41, 5.74) is 4.22. The minimum absolute atomic E-state index is 0.341. The highest BCUT2D eigenvalue weighted by Crippen LogP contribution is 2.27. The number of para-hydroxylation sites is 1. The minimum Gasteiger partial charge on any atom is -0.457 e. The lowest BCUT2D eigenvalue weighted by atomic mass is 10.1. The van der Waals surface area contributed by atoms with Crippen LogP contribution in [0.3, 0.4) is 0 Å². The van der Waals surface area contributed by atoms with Crippen LogP contribution in [0.15, 0.2) is 88.4 Å². The van der Waals surface area contributed by atoms with Gasteiger partial charge in [0, 0.05) is 4.47 Å². The number of rotatable bonds is 8. The Morgan fingerprint density at radius 1 is 1.00 bits per heavy atom. The predicted molar refractivity (Wildman–Crippen MR) is 134 cm³/mol. The number of hydrogen-bond acceptors (Lipinski definition) is 5. The van der Waals surface area contributed by atoms with Crippen LogP contribution in [0.1, 0.15) is 19.4 Å². The number of anilines is 1. The van der Waals surface area contributed by atoms with Gasteiger partial charge in [0.1, 0.15) is 17.5 Å². The molecule has 0 aliphatic carbocycles. The van der Waals surface area contributed by atoms with Crippen molar-refractivity contribution in [2.24, 2.45) is 5.10 Å². The fraction of sp³-hybridized carbons (Fsp3) is 0.167. The number of sulfonamides is 1. The molecule has 0 aromatic heterocycles. The van der Waals surface area contributed by atoms with Crippen LogP contribution in [0, 0.1) is 0 Å². The SMILES string of the molecule is C/C(=N/NC(=O)[C@H](C)N(c1ccc(Oc2ccccc2)cc1)S(C)(=O)=O)c1cccc(Br)c1. The zero-order chi connectivity index (χ0) is 24.0. The number of nitrogens with zero attached hydrogens (tertiary/aromatic N) is 2. The number of nitrogens with one attached hydrogen (secondary N) is 1. The second-order valence-electron chi connectivity index (χ2n) is 7.33. The van der Waals surface area contributed by atoms with Gasteiger partial charge in [-0.15, -0.1) is 0 Å². The number of halogens is 1. The summed E-state index contributed by atoms with van der Waals surface area (Å²) in [4.78, 5) is 12.8. The lowest BCUT2D eigenvalue weighted by Crippen LogP contribution is -2.46. The van der Waals surface area contributed by atoms with Crippen LogP contribution in [-0.4, -0.2) is 32.3 Å². The van der Waals surface area contributed by atoms with Crippen molar-refractivity contribution in [1.29, 1.82) is 0 Å². The number of benzene rings is 3. The maximum Gasteiger partial charge on any atom is 0.263 e. The van der Waals surface area contributed by atoms with Gasteiger partial charge in [-0.2, -0.15) is 5.10 Å². The van der Waals surface area contributed by atoms with Crippen LogP contribution in [-0.2, 0) is 14.8 Å². The second kappa shape index (κ2) is 10.6. The van der Waals surface area contributed by atoms with Crippen molar-refractivity contribution in [1.82, 2.24) is 5.43 Å². The molecule has 0 unspecified atom stereocenters. The van der Waals surface area contributed by atoms with Crippen molar-refractivity contribution >= 4 is 43.3 Å². The fourth-order valence-electron chi connectivity index (χ4n) is 3.10. The van der Waals surface area contributed by atoms with E-state index in [1.54, 1.807) is 31.2 Å². The number of ether oxygens (including phenoxy) is 1. The van der Waals surface area contributed by atoms with Gasteiger partial charge in [0.15, 0.2) is 0 Å². The minimum atomic E-state index is -3.75. The van der Waals surface area contributed by atoms with Gasteiger partial charge < -0.3 is 4.74 Å². The Bertz CT molecular complexity index is 1250. The molecule has 0 heterocycles. The topological polar surface area (TPSA) is 88.1 Å². The van der Waals surface area contributed by atoms with E-state index in [2.05, 4.69) is 26.5 Å². The molecule has 3 rings (SSSR count). The molecule has 7 nitrogen and oxygen atoms in total. The van der Waals surface area contributed by atoms with Crippen LogP contribution in [0.5, 0.6) is 11.5 Å². The normalized spacial score (nSPS) is 12.7. The Kier molecular flexibility index (Phi) is 7.88. The second-order valence-corrected chi connectivity index (χ2v) is 10.1. The molecule has 172 valence electrons. The summed E-state index contributed by atoms with van der Waals surface area (Å²) in [5, 5.41) is 4.13. The largest absolute Gasteiger partial charge is 0.457 e. The quantitative estimate of drug-likeness (QED) is 0.330. The average Bonchev–Trinajstić information content (AvgIpc) is 2.78. The molecular formula is C24H24BrN3O4S. The molecule has 0 spiro atoms. The van der Waals surface area contributed by atoms with Crippen LogP contribution < -0.4 is 14.5 Å². The Labute approximate surface area is 202 Å². The number of hydrazone groups is 1. The third-order valence-corrected chi connectivity index (χ3v) is 6.47. The predicted octanol–water partition coefficient (Wildman–Crippen LogP) is 4.94. The first-order chi connectivity index (χ1) is 15.6. The maximum atomic E-state index is 12.8. The van der Waals surface area contributed by atoms with E-state index in [1.165, 1.54) is 6.92 Å². The van der Waals surface area contributed by atoms with Gasteiger partial charge in [-0.3, -0.25) is 9.10 Å². The Hall–Kier alpha value is -3.17. The molecule has 0 saturated carbocycles. The van der Waals surface area contributed by atoms with Crippen molar-refractivity contribution in [2.75, 3.05) is 10.6 Å². The molecule has 9 heteroatoms. The molecule has 0 radical (unpaired) electrons. The Morgan fingerprint density at radius 2 is 1.64 bits per heavy atom. The Morgan fingerprint density at radius 3 is 2.24 bits per heavy atom. The van der Waals surface area contributed by atoms with E-state index in [4.69, 9.17) is 4.74 Å². The monoisotopic (exact) mass is 529 g/mol.